The lowest BCUT2D eigenvalue weighted by atomic mass is 9.95. The molecule has 1 rings (SSSR count). The van der Waals surface area contributed by atoms with Crippen LogP contribution in [0.5, 0.6) is 0 Å². The van der Waals surface area contributed by atoms with E-state index in [2.05, 4.69) is 26.0 Å². The first-order chi connectivity index (χ1) is 9.79. The number of amides is 1. The third kappa shape index (κ3) is 4.86. The molecule has 1 amide bonds. The lowest BCUT2D eigenvalue weighted by molar-refractivity contribution is -0.120. The molecule has 7 heteroatoms. The number of nitrogens with one attached hydrogen (secondary N) is 3. The number of carbonyl (C=O) groups excluding carboxylic acids is 1. The zero-order valence-corrected chi connectivity index (χ0v) is 13.5. The van der Waals surface area contributed by atoms with Gasteiger partial charge in [0.15, 0.2) is 0 Å². The summed E-state index contributed by atoms with van der Waals surface area (Å²) in [5, 5.41) is 5.94. The van der Waals surface area contributed by atoms with Gasteiger partial charge in [0, 0.05) is 30.5 Å². The van der Waals surface area contributed by atoms with Crippen molar-refractivity contribution in [3.05, 3.63) is 11.4 Å². The summed E-state index contributed by atoms with van der Waals surface area (Å²) in [6.07, 6.45) is 0.396. The molecule has 118 valence electrons. The van der Waals surface area contributed by atoms with E-state index in [1.807, 2.05) is 34.6 Å². The third-order valence-electron chi connectivity index (χ3n) is 2.97. The van der Waals surface area contributed by atoms with Crippen LogP contribution >= 0.6 is 0 Å². The molecule has 0 aliphatic rings. The Morgan fingerprint density at radius 1 is 1.24 bits per heavy atom. The van der Waals surface area contributed by atoms with Crippen LogP contribution in [0.25, 0.3) is 0 Å². The third-order valence-corrected chi connectivity index (χ3v) is 2.97. The average Bonchev–Trinajstić information content (AvgIpc) is 2.39. The summed E-state index contributed by atoms with van der Waals surface area (Å²) in [7, 11) is 0. The molecular weight excluding hydrogens is 268 g/mol. The van der Waals surface area contributed by atoms with E-state index >= 15 is 0 Å². The summed E-state index contributed by atoms with van der Waals surface area (Å²) >= 11 is 0. The second kappa shape index (κ2) is 7.21. The Bertz CT molecular complexity index is 495. The Kier molecular flexibility index (Phi) is 5.90. The van der Waals surface area contributed by atoms with Crippen molar-refractivity contribution < 1.29 is 4.79 Å². The maximum atomic E-state index is 11.5. The minimum Gasteiger partial charge on any atom is -0.369 e. The lowest BCUT2D eigenvalue weighted by Crippen LogP contribution is -2.25. The van der Waals surface area contributed by atoms with E-state index in [9.17, 15) is 4.79 Å². The predicted octanol–water partition coefficient (Wildman–Crippen LogP) is 1.31. The highest BCUT2D eigenvalue weighted by Crippen LogP contribution is 2.25. The maximum absolute atomic E-state index is 11.5. The van der Waals surface area contributed by atoms with E-state index in [4.69, 9.17) is 5.84 Å². The molecule has 0 saturated carbocycles. The summed E-state index contributed by atoms with van der Waals surface area (Å²) in [4.78, 5) is 20.4. The van der Waals surface area contributed by atoms with Crippen LogP contribution in [-0.4, -0.2) is 29.0 Å². The summed E-state index contributed by atoms with van der Waals surface area (Å²) in [6, 6.07) is 0. The second-order valence-corrected chi connectivity index (χ2v) is 5.89. The first-order valence-electron chi connectivity index (χ1n) is 7.15. The van der Waals surface area contributed by atoms with Crippen molar-refractivity contribution in [2.24, 2.45) is 5.84 Å². The Labute approximate surface area is 126 Å². The van der Waals surface area contributed by atoms with Crippen LogP contribution in [0.3, 0.4) is 0 Å². The topological polar surface area (TPSA) is 105 Å². The molecule has 0 aliphatic heterocycles. The first-order valence-corrected chi connectivity index (χ1v) is 7.15. The minimum absolute atomic E-state index is 0.0185. The number of nitrogens with two attached hydrogens (primary N) is 1. The number of hydrogen-bond donors (Lipinski definition) is 4. The number of nitrogen functional groups attached to an aromatic ring is 1. The normalized spacial score (nSPS) is 11.1. The molecule has 5 N–H and O–H groups in total. The summed E-state index contributed by atoms with van der Waals surface area (Å²) < 4.78 is 0. The van der Waals surface area contributed by atoms with E-state index in [0.717, 1.165) is 5.56 Å². The molecule has 0 radical (unpaired) electrons. The van der Waals surface area contributed by atoms with Crippen LogP contribution < -0.4 is 21.9 Å². The molecule has 1 aromatic rings. The number of carbonyl (C=O) groups is 1. The molecular formula is C14H26N6O. The van der Waals surface area contributed by atoms with E-state index in [1.54, 1.807) is 0 Å². The Morgan fingerprint density at radius 3 is 2.38 bits per heavy atom. The van der Waals surface area contributed by atoms with Gasteiger partial charge < -0.3 is 16.1 Å². The van der Waals surface area contributed by atoms with Gasteiger partial charge in [0.1, 0.15) is 17.5 Å². The molecule has 0 spiro atoms. The quantitative estimate of drug-likeness (QED) is 0.466. The molecule has 0 aliphatic carbocycles. The summed E-state index contributed by atoms with van der Waals surface area (Å²) in [6.45, 7) is 11.0. The SMILES string of the molecule is CCNC(=O)CCNc1nc(C(C)(C)C)nc(NN)c1C. The van der Waals surface area contributed by atoms with Crippen LogP contribution in [0.4, 0.5) is 11.6 Å². The number of nitrogens with zero attached hydrogens (tertiary/aromatic N) is 2. The fourth-order valence-corrected chi connectivity index (χ4v) is 1.74. The van der Waals surface area contributed by atoms with Crippen molar-refractivity contribution >= 4 is 17.5 Å². The highest BCUT2D eigenvalue weighted by molar-refractivity contribution is 5.76. The second-order valence-electron chi connectivity index (χ2n) is 5.89. The molecule has 0 saturated heterocycles. The zero-order chi connectivity index (χ0) is 16.0. The molecule has 21 heavy (non-hydrogen) atoms. The molecule has 0 aromatic carbocycles. The number of aromatic nitrogens is 2. The fraction of sp³-hybridized carbons (Fsp3) is 0.643. The van der Waals surface area contributed by atoms with Crippen LogP contribution in [0, 0.1) is 6.92 Å². The van der Waals surface area contributed by atoms with Crippen molar-refractivity contribution in [1.82, 2.24) is 15.3 Å². The van der Waals surface area contributed by atoms with Crippen molar-refractivity contribution in [2.45, 2.75) is 46.5 Å². The first kappa shape index (κ1) is 17.2. The van der Waals surface area contributed by atoms with Crippen LogP contribution in [-0.2, 0) is 10.2 Å². The largest absolute Gasteiger partial charge is 0.369 e. The molecule has 7 nitrogen and oxygen atoms in total. The number of hydrogen-bond acceptors (Lipinski definition) is 6. The van der Waals surface area contributed by atoms with Crippen LogP contribution in [0.15, 0.2) is 0 Å². The van der Waals surface area contributed by atoms with Gasteiger partial charge in [0.25, 0.3) is 0 Å². The van der Waals surface area contributed by atoms with Gasteiger partial charge in [0.2, 0.25) is 5.91 Å². The maximum Gasteiger partial charge on any atom is 0.221 e. The lowest BCUT2D eigenvalue weighted by Gasteiger charge is -2.20. The van der Waals surface area contributed by atoms with Gasteiger partial charge in [-0.05, 0) is 13.8 Å². The van der Waals surface area contributed by atoms with Gasteiger partial charge in [-0.3, -0.25) is 4.79 Å². The van der Waals surface area contributed by atoms with Crippen molar-refractivity contribution in [3.8, 4) is 0 Å². The summed E-state index contributed by atoms with van der Waals surface area (Å²) in [5.41, 5.74) is 3.25. The van der Waals surface area contributed by atoms with Gasteiger partial charge in [0.05, 0.1) is 0 Å². The highest BCUT2D eigenvalue weighted by Gasteiger charge is 2.20. The molecule has 1 aromatic heterocycles. The van der Waals surface area contributed by atoms with E-state index in [-0.39, 0.29) is 11.3 Å². The molecule has 0 atom stereocenters. The van der Waals surface area contributed by atoms with E-state index < -0.39 is 0 Å². The summed E-state index contributed by atoms with van der Waals surface area (Å²) in [5.74, 6) is 7.52. The monoisotopic (exact) mass is 294 g/mol. The van der Waals surface area contributed by atoms with Crippen LogP contribution in [0.2, 0.25) is 0 Å². The minimum atomic E-state index is -0.185. The Hall–Kier alpha value is -1.89. The number of rotatable bonds is 6. The van der Waals surface area contributed by atoms with Gasteiger partial charge in [-0.1, -0.05) is 20.8 Å². The zero-order valence-electron chi connectivity index (χ0n) is 13.5. The fourth-order valence-electron chi connectivity index (χ4n) is 1.74. The van der Waals surface area contributed by atoms with Gasteiger partial charge in [-0.2, -0.15) is 0 Å². The van der Waals surface area contributed by atoms with Crippen molar-refractivity contribution in [3.63, 3.8) is 0 Å². The highest BCUT2D eigenvalue weighted by atomic mass is 16.1. The standard InChI is InChI=1S/C14H26N6O/c1-6-16-10(21)7-8-17-11-9(2)12(20-15)19-13(18-11)14(3,4)5/h6-8,15H2,1-5H3,(H,16,21)(H2,17,18,19,20). The molecule has 1 heterocycles. The van der Waals surface area contributed by atoms with Gasteiger partial charge in [-0.15, -0.1) is 0 Å². The van der Waals surface area contributed by atoms with Crippen molar-refractivity contribution in [1.29, 1.82) is 0 Å². The molecule has 0 bridgehead atoms. The molecule has 0 unspecified atom stereocenters. The van der Waals surface area contributed by atoms with Gasteiger partial charge in [-0.25, -0.2) is 15.8 Å². The van der Waals surface area contributed by atoms with Gasteiger partial charge >= 0.3 is 0 Å². The Balaban J connectivity index is 2.88. The smallest absolute Gasteiger partial charge is 0.221 e. The Morgan fingerprint density at radius 2 is 1.86 bits per heavy atom. The van der Waals surface area contributed by atoms with Crippen molar-refractivity contribution in [2.75, 3.05) is 23.8 Å². The van der Waals surface area contributed by atoms with E-state index in [0.29, 0.717) is 37.0 Å². The average molecular weight is 294 g/mol. The van der Waals surface area contributed by atoms with Crippen LogP contribution in [0.1, 0.15) is 45.5 Å². The number of hydrazine groups is 1. The number of anilines is 2. The predicted molar refractivity (Wildman–Crippen MR) is 85.1 cm³/mol. The molecule has 0 fully saturated rings. The van der Waals surface area contributed by atoms with E-state index in [1.165, 1.54) is 0 Å².